The molecule has 0 fully saturated rings. The minimum atomic E-state index is -0.0417. The molecule has 0 aromatic heterocycles. The minimum Gasteiger partial charge on any atom is -0.326 e. The van der Waals surface area contributed by atoms with E-state index in [1.165, 1.54) is 18.1 Å². The maximum absolute atomic E-state index is 11.3. The van der Waals surface area contributed by atoms with Crippen molar-refractivity contribution in [1.29, 1.82) is 5.26 Å². The molecule has 0 atom stereocenters. The first-order valence-corrected chi connectivity index (χ1v) is 7.02. The highest BCUT2D eigenvalue weighted by atomic mass is 16.1. The van der Waals surface area contributed by atoms with Crippen LogP contribution < -0.4 is 5.32 Å². The smallest absolute Gasteiger partial charge is 0.221 e. The molecule has 0 spiro atoms. The van der Waals surface area contributed by atoms with Gasteiger partial charge in [-0.3, -0.25) is 4.79 Å². The van der Waals surface area contributed by atoms with Crippen LogP contribution in [0.15, 0.2) is 6.07 Å². The Morgan fingerprint density at radius 3 is 2.63 bits per heavy atom. The first-order valence-electron chi connectivity index (χ1n) is 7.02. The van der Waals surface area contributed by atoms with E-state index in [9.17, 15) is 10.1 Å². The molecule has 0 bridgehead atoms. The molecule has 3 nitrogen and oxygen atoms in total. The van der Waals surface area contributed by atoms with E-state index in [-0.39, 0.29) is 5.91 Å². The zero-order chi connectivity index (χ0) is 13.8. The van der Waals surface area contributed by atoms with E-state index in [1.807, 2.05) is 6.07 Å². The monoisotopic (exact) mass is 256 g/mol. The van der Waals surface area contributed by atoms with Crippen LogP contribution in [0.2, 0.25) is 0 Å². The summed E-state index contributed by atoms with van der Waals surface area (Å²) in [7, 11) is 0. The summed E-state index contributed by atoms with van der Waals surface area (Å²) in [5, 5.41) is 12.4. The van der Waals surface area contributed by atoms with Crippen molar-refractivity contribution < 1.29 is 4.79 Å². The van der Waals surface area contributed by atoms with Crippen molar-refractivity contribution in [2.45, 2.75) is 52.4 Å². The predicted molar refractivity (Wildman–Crippen MR) is 76.1 cm³/mol. The van der Waals surface area contributed by atoms with Gasteiger partial charge in [0.05, 0.1) is 11.6 Å². The third-order valence-corrected chi connectivity index (χ3v) is 3.68. The number of hydrogen-bond donors (Lipinski definition) is 1. The number of rotatable bonds is 3. The van der Waals surface area contributed by atoms with Crippen LogP contribution in [-0.2, 0) is 24.1 Å². The van der Waals surface area contributed by atoms with E-state index in [1.54, 1.807) is 0 Å². The topological polar surface area (TPSA) is 52.9 Å². The summed E-state index contributed by atoms with van der Waals surface area (Å²) in [5.74, 6) is -0.0417. The summed E-state index contributed by atoms with van der Waals surface area (Å²) in [6, 6.07) is 4.38. The van der Waals surface area contributed by atoms with Crippen LogP contribution in [0.3, 0.4) is 0 Å². The van der Waals surface area contributed by atoms with E-state index in [0.717, 1.165) is 55.3 Å². The van der Waals surface area contributed by atoms with Gasteiger partial charge in [-0.05, 0) is 54.9 Å². The van der Waals surface area contributed by atoms with Crippen LogP contribution in [0.1, 0.15) is 55.4 Å². The second-order valence-electron chi connectivity index (χ2n) is 5.17. The third-order valence-electron chi connectivity index (χ3n) is 3.68. The molecule has 0 saturated carbocycles. The first-order chi connectivity index (χ1) is 9.17. The number of fused-ring (bicyclic) bond motifs is 1. The van der Waals surface area contributed by atoms with Gasteiger partial charge < -0.3 is 5.32 Å². The van der Waals surface area contributed by atoms with Gasteiger partial charge in [0, 0.05) is 12.6 Å². The Morgan fingerprint density at radius 1 is 1.37 bits per heavy atom. The van der Waals surface area contributed by atoms with Gasteiger partial charge in [0.1, 0.15) is 0 Å². The average molecular weight is 256 g/mol. The van der Waals surface area contributed by atoms with Gasteiger partial charge in [-0.2, -0.15) is 5.26 Å². The number of carbonyl (C=O) groups excluding carboxylic acids is 1. The number of hydrogen-bond acceptors (Lipinski definition) is 2. The second-order valence-corrected chi connectivity index (χ2v) is 5.17. The molecule has 1 aromatic rings. The van der Waals surface area contributed by atoms with Crippen LogP contribution in [0.4, 0.5) is 5.69 Å². The zero-order valence-corrected chi connectivity index (χ0v) is 11.7. The maximum Gasteiger partial charge on any atom is 0.221 e. The lowest BCUT2D eigenvalue weighted by molar-refractivity contribution is -0.114. The van der Waals surface area contributed by atoms with Gasteiger partial charge >= 0.3 is 0 Å². The highest BCUT2D eigenvalue weighted by molar-refractivity contribution is 5.90. The molecule has 1 N–H and O–H groups in total. The molecule has 100 valence electrons. The summed E-state index contributed by atoms with van der Waals surface area (Å²) in [5.41, 5.74) is 5.20. The van der Waals surface area contributed by atoms with E-state index in [4.69, 9.17) is 0 Å². The Morgan fingerprint density at radius 2 is 2.05 bits per heavy atom. The minimum absolute atomic E-state index is 0.0417. The predicted octanol–water partition coefficient (Wildman–Crippen LogP) is 3.35. The summed E-state index contributed by atoms with van der Waals surface area (Å²) in [6.45, 7) is 3.64. The Kier molecular flexibility index (Phi) is 4.21. The molecule has 1 aliphatic carbocycles. The van der Waals surface area contributed by atoms with Gasteiger partial charge in [-0.1, -0.05) is 13.3 Å². The fourth-order valence-corrected chi connectivity index (χ4v) is 2.91. The highest BCUT2D eigenvalue weighted by Gasteiger charge is 2.20. The Labute approximate surface area is 114 Å². The van der Waals surface area contributed by atoms with Crippen molar-refractivity contribution >= 4 is 11.6 Å². The molecule has 0 saturated heterocycles. The van der Waals surface area contributed by atoms with Gasteiger partial charge in [-0.15, -0.1) is 0 Å². The Balaban J connectivity index is 2.58. The van der Waals surface area contributed by atoms with Crippen molar-refractivity contribution in [2.24, 2.45) is 0 Å². The number of nitrogens with one attached hydrogen (secondary N) is 1. The van der Waals surface area contributed by atoms with Crippen LogP contribution in [0.5, 0.6) is 0 Å². The molecule has 0 aliphatic heterocycles. The number of nitriles is 1. The van der Waals surface area contributed by atoms with E-state index in [2.05, 4.69) is 18.3 Å². The SMILES string of the molecule is CCCc1cc(NC(C)=O)c2c(c1C#N)CCCC2. The van der Waals surface area contributed by atoms with E-state index >= 15 is 0 Å². The summed E-state index contributed by atoms with van der Waals surface area (Å²) >= 11 is 0. The fourth-order valence-electron chi connectivity index (χ4n) is 2.91. The Hall–Kier alpha value is -1.82. The summed E-state index contributed by atoms with van der Waals surface area (Å²) < 4.78 is 0. The normalized spacial score (nSPS) is 13.5. The van der Waals surface area contributed by atoms with Gasteiger partial charge in [0.15, 0.2) is 0 Å². The molecule has 1 aliphatic rings. The molecule has 19 heavy (non-hydrogen) atoms. The van der Waals surface area contributed by atoms with Gasteiger partial charge in [-0.25, -0.2) is 0 Å². The molecule has 1 amide bonds. The number of anilines is 1. The zero-order valence-electron chi connectivity index (χ0n) is 11.7. The van der Waals surface area contributed by atoms with E-state index in [0.29, 0.717) is 0 Å². The van der Waals surface area contributed by atoms with Crippen LogP contribution in [0, 0.1) is 11.3 Å². The summed E-state index contributed by atoms with van der Waals surface area (Å²) in [4.78, 5) is 11.3. The van der Waals surface area contributed by atoms with Crippen molar-refractivity contribution in [2.75, 3.05) is 5.32 Å². The highest BCUT2D eigenvalue weighted by Crippen LogP contribution is 2.33. The molecule has 2 rings (SSSR count). The molecule has 0 unspecified atom stereocenters. The fraction of sp³-hybridized carbons (Fsp3) is 0.500. The lowest BCUT2D eigenvalue weighted by Crippen LogP contribution is -2.15. The standard InChI is InChI=1S/C16H20N2O/c1-3-6-12-9-16(18-11(2)19)14-8-5-4-7-13(14)15(12)10-17/h9H,3-8H2,1-2H3,(H,18,19). The van der Waals surface area contributed by atoms with Gasteiger partial charge in [0.2, 0.25) is 5.91 Å². The molecule has 3 heteroatoms. The molecule has 0 radical (unpaired) electrons. The maximum atomic E-state index is 11.3. The molecule has 0 heterocycles. The second kappa shape index (κ2) is 5.88. The molecular weight excluding hydrogens is 236 g/mol. The van der Waals surface area contributed by atoms with Crippen molar-refractivity contribution in [1.82, 2.24) is 0 Å². The quantitative estimate of drug-likeness (QED) is 0.901. The van der Waals surface area contributed by atoms with E-state index < -0.39 is 0 Å². The number of nitrogens with zero attached hydrogens (tertiary/aromatic N) is 1. The molecular formula is C16H20N2O. The molecule has 1 aromatic carbocycles. The number of benzene rings is 1. The van der Waals surface area contributed by atoms with Gasteiger partial charge in [0.25, 0.3) is 0 Å². The van der Waals surface area contributed by atoms with Crippen molar-refractivity contribution in [3.05, 3.63) is 28.3 Å². The largest absolute Gasteiger partial charge is 0.326 e. The lowest BCUT2D eigenvalue weighted by atomic mass is 9.84. The Bertz CT molecular complexity index is 541. The lowest BCUT2D eigenvalue weighted by Gasteiger charge is -2.23. The number of carbonyl (C=O) groups is 1. The summed E-state index contributed by atoms with van der Waals surface area (Å²) in [6.07, 6.45) is 6.10. The number of aryl methyl sites for hydroxylation is 1. The van der Waals surface area contributed by atoms with Crippen molar-refractivity contribution in [3.8, 4) is 6.07 Å². The van der Waals surface area contributed by atoms with Crippen molar-refractivity contribution in [3.63, 3.8) is 0 Å². The van der Waals surface area contributed by atoms with Crippen LogP contribution in [-0.4, -0.2) is 5.91 Å². The first kappa shape index (κ1) is 13.6. The average Bonchev–Trinajstić information content (AvgIpc) is 2.39. The number of amides is 1. The van der Waals surface area contributed by atoms with Crippen LogP contribution in [0.25, 0.3) is 0 Å². The van der Waals surface area contributed by atoms with Crippen LogP contribution >= 0.6 is 0 Å². The third kappa shape index (κ3) is 2.78.